The number of hydrogen-bond donors (Lipinski definition) is 0. The van der Waals surface area contributed by atoms with Crippen molar-refractivity contribution in [2.24, 2.45) is 0 Å². The molecule has 0 aliphatic heterocycles. The van der Waals surface area contributed by atoms with Gasteiger partial charge >= 0.3 is 12.1 Å². The van der Waals surface area contributed by atoms with Gasteiger partial charge in [-0.3, -0.25) is 4.79 Å². The van der Waals surface area contributed by atoms with Crippen LogP contribution < -0.4 is 4.74 Å². The molecular weight excluding hydrogens is 444 g/mol. The van der Waals surface area contributed by atoms with E-state index in [1.807, 2.05) is 0 Å². The number of carbonyl (C=O) groups is 3. The number of benzene rings is 1. The molecule has 0 saturated heterocycles. The molecule has 0 spiro atoms. The second-order valence-electron chi connectivity index (χ2n) is 6.96. The average Bonchev–Trinajstić information content (AvgIpc) is 2.61. The summed E-state index contributed by atoms with van der Waals surface area (Å²) in [6, 6.07) is 5.02. The molecule has 0 aliphatic rings. The molecule has 0 saturated carbocycles. The molecule has 0 aliphatic carbocycles. The molecule has 1 aromatic carbocycles. The molecule has 29 heavy (non-hydrogen) atoms. The van der Waals surface area contributed by atoms with Crippen LogP contribution in [-0.2, 0) is 23.8 Å². The fourth-order valence-corrected chi connectivity index (χ4v) is 2.46. The number of methoxy groups -OCH3 is 1. The van der Waals surface area contributed by atoms with Crippen molar-refractivity contribution in [3.8, 4) is 5.75 Å². The second-order valence-corrected chi connectivity index (χ2v) is 7.88. The summed E-state index contributed by atoms with van der Waals surface area (Å²) in [6.45, 7) is 10.2. The predicted octanol–water partition coefficient (Wildman–Crippen LogP) is 4.70. The van der Waals surface area contributed by atoms with Crippen LogP contribution >= 0.6 is 15.9 Å². The third-order valence-electron chi connectivity index (χ3n) is 3.42. The highest BCUT2D eigenvalue weighted by molar-refractivity contribution is 9.10. The maximum Gasteiger partial charge on any atom is 0.509 e. The topological polar surface area (TPSA) is 88.1 Å². The molecule has 1 atom stereocenters. The smallest absolute Gasteiger partial charge is 0.489 e. The Hall–Kier alpha value is -2.61. The van der Waals surface area contributed by atoms with Crippen molar-refractivity contribution in [1.29, 1.82) is 0 Å². The lowest BCUT2D eigenvalue weighted by Crippen LogP contribution is -2.26. The normalized spacial score (nSPS) is 12.2. The Kier molecular flexibility index (Phi) is 9.10. The molecular formula is C21H25BrO7. The summed E-state index contributed by atoms with van der Waals surface area (Å²) in [5.74, 6) is -0.519. The summed E-state index contributed by atoms with van der Waals surface area (Å²) < 4.78 is 21.5. The summed E-state index contributed by atoms with van der Waals surface area (Å²) >= 11 is 3.36. The van der Waals surface area contributed by atoms with Crippen molar-refractivity contribution < 1.29 is 33.3 Å². The number of esters is 1. The first-order valence-electron chi connectivity index (χ1n) is 8.70. The molecule has 8 heteroatoms. The van der Waals surface area contributed by atoms with E-state index in [0.29, 0.717) is 15.8 Å². The Morgan fingerprint density at radius 1 is 1.24 bits per heavy atom. The van der Waals surface area contributed by atoms with E-state index in [0.717, 1.165) is 0 Å². The van der Waals surface area contributed by atoms with Crippen molar-refractivity contribution in [1.82, 2.24) is 0 Å². The van der Waals surface area contributed by atoms with Crippen LogP contribution in [0.1, 0.15) is 39.4 Å². The average molecular weight is 469 g/mol. The van der Waals surface area contributed by atoms with E-state index in [1.54, 1.807) is 39.0 Å². The lowest BCUT2D eigenvalue weighted by atomic mass is 9.99. The first-order chi connectivity index (χ1) is 13.4. The van der Waals surface area contributed by atoms with Gasteiger partial charge in [0.05, 0.1) is 7.11 Å². The number of rotatable bonds is 8. The van der Waals surface area contributed by atoms with Gasteiger partial charge in [-0.05, 0) is 52.0 Å². The van der Waals surface area contributed by atoms with Crippen LogP contribution in [0.4, 0.5) is 4.79 Å². The zero-order valence-electron chi connectivity index (χ0n) is 17.1. The minimum atomic E-state index is -1.11. The van der Waals surface area contributed by atoms with Gasteiger partial charge in [0, 0.05) is 21.7 Å². The van der Waals surface area contributed by atoms with Gasteiger partial charge in [0.1, 0.15) is 18.0 Å². The van der Waals surface area contributed by atoms with Crippen LogP contribution in [0.5, 0.6) is 5.75 Å². The Morgan fingerprint density at radius 3 is 2.45 bits per heavy atom. The molecule has 0 aromatic heterocycles. The lowest BCUT2D eigenvalue weighted by molar-refractivity contribution is -0.134. The van der Waals surface area contributed by atoms with Crippen LogP contribution in [0.15, 0.2) is 47.0 Å². The van der Waals surface area contributed by atoms with E-state index >= 15 is 0 Å². The Labute approximate surface area is 178 Å². The fraction of sp³-hybridized carbons (Fsp3) is 0.381. The Bertz CT molecular complexity index is 806. The standard InChI is InChI=1S/C21H25BrO7/c1-13(14(2)23)19(28-20(25)29-21(3,4)5)16-12-15(22)9-10-17(16)27-11-7-8-18(24)26-6/h7-10,12,19H,1,11H2,2-6H3/b8-7+. The highest BCUT2D eigenvalue weighted by atomic mass is 79.9. The van der Waals surface area contributed by atoms with Gasteiger partial charge in [0.2, 0.25) is 0 Å². The van der Waals surface area contributed by atoms with Crippen molar-refractivity contribution in [2.45, 2.75) is 39.4 Å². The van der Waals surface area contributed by atoms with Crippen LogP contribution in [0, 0.1) is 0 Å². The largest absolute Gasteiger partial charge is 0.509 e. The quantitative estimate of drug-likeness (QED) is 0.403. The molecule has 7 nitrogen and oxygen atoms in total. The van der Waals surface area contributed by atoms with Crippen LogP contribution in [0.2, 0.25) is 0 Å². The van der Waals surface area contributed by atoms with E-state index < -0.39 is 23.8 Å². The van der Waals surface area contributed by atoms with Crippen molar-refractivity contribution in [3.63, 3.8) is 0 Å². The molecule has 0 amide bonds. The van der Waals surface area contributed by atoms with Gasteiger partial charge in [-0.15, -0.1) is 0 Å². The van der Waals surface area contributed by atoms with Crippen LogP contribution in [0.25, 0.3) is 0 Å². The van der Waals surface area contributed by atoms with Gasteiger partial charge in [0.15, 0.2) is 11.9 Å². The summed E-state index contributed by atoms with van der Waals surface area (Å²) in [4.78, 5) is 35.3. The molecule has 1 unspecified atom stereocenters. The minimum Gasteiger partial charge on any atom is -0.489 e. The highest BCUT2D eigenvalue weighted by Gasteiger charge is 2.29. The number of ketones is 1. The summed E-state index contributed by atoms with van der Waals surface area (Å²) in [6.07, 6.45) is 0.643. The molecule has 158 valence electrons. The van der Waals surface area contributed by atoms with Gasteiger partial charge in [-0.25, -0.2) is 9.59 Å². The van der Waals surface area contributed by atoms with Gasteiger partial charge in [-0.1, -0.05) is 22.5 Å². The van der Waals surface area contributed by atoms with Gasteiger partial charge < -0.3 is 18.9 Å². The molecule has 1 aromatic rings. The van der Waals surface area contributed by atoms with E-state index in [2.05, 4.69) is 27.2 Å². The predicted molar refractivity (Wildman–Crippen MR) is 111 cm³/mol. The number of ether oxygens (including phenoxy) is 4. The van der Waals surface area contributed by atoms with Crippen molar-refractivity contribution >= 4 is 33.8 Å². The van der Waals surface area contributed by atoms with E-state index in [9.17, 15) is 14.4 Å². The van der Waals surface area contributed by atoms with Gasteiger partial charge in [-0.2, -0.15) is 0 Å². The Morgan fingerprint density at radius 2 is 1.90 bits per heavy atom. The maximum atomic E-state index is 12.2. The van der Waals surface area contributed by atoms with Crippen LogP contribution in [-0.4, -0.2) is 37.2 Å². The van der Waals surface area contributed by atoms with Gasteiger partial charge in [0.25, 0.3) is 0 Å². The zero-order chi connectivity index (χ0) is 22.2. The highest BCUT2D eigenvalue weighted by Crippen LogP contribution is 2.35. The zero-order valence-corrected chi connectivity index (χ0v) is 18.7. The van der Waals surface area contributed by atoms with E-state index in [1.165, 1.54) is 26.2 Å². The number of carbonyl (C=O) groups excluding carboxylic acids is 3. The van der Waals surface area contributed by atoms with Crippen LogP contribution in [0.3, 0.4) is 0 Å². The summed E-state index contributed by atoms with van der Waals surface area (Å²) in [5, 5.41) is 0. The van der Waals surface area contributed by atoms with E-state index in [4.69, 9.17) is 14.2 Å². The monoisotopic (exact) mass is 468 g/mol. The Balaban J connectivity index is 3.19. The molecule has 0 heterocycles. The van der Waals surface area contributed by atoms with Crippen molar-refractivity contribution in [2.75, 3.05) is 13.7 Å². The second kappa shape index (κ2) is 10.8. The lowest BCUT2D eigenvalue weighted by Gasteiger charge is -2.24. The van der Waals surface area contributed by atoms with Crippen molar-refractivity contribution in [3.05, 3.63) is 52.5 Å². The molecule has 0 N–H and O–H groups in total. The minimum absolute atomic E-state index is 0.0510. The number of hydrogen-bond acceptors (Lipinski definition) is 7. The molecule has 0 fully saturated rings. The SMILES string of the molecule is C=C(C(C)=O)C(OC(=O)OC(C)(C)C)c1cc(Br)ccc1OC/C=C/C(=O)OC. The third kappa shape index (κ3) is 8.51. The summed E-state index contributed by atoms with van der Waals surface area (Å²) in [7, 11) is 1.27. The number of halogens is 1. The number of Topliss-reactive ketones (excluding diaryl/α,β-unsaturated/α-hetero) is 1. The summed E-state index contributed by atoms with van der Waals surface area (Å²) in [5.41, 5.74) is -0.310. The molecule has 0 bridgehead atoms. The third-order valence-corrected chi connectivity index (χ3v) is 3.91. The molecule has 0 radical (unpaired) electrons. The molecule has 1 rings (SSSR count). The fourth-order valence-electron chi connectivity index (χ4n) is 2.08. The van der Waals surface area contributed by atoms with E-state index in [-0.39, 0.29) is 18.0 Å². The first-order valence-corrected chi connectivity index (χ1v) is 9.50. The maximum absolute atomic E-state index is 12.2. The first kappa shape index (κ1) is 24.4.